The number of halogens is 2. The topological polar surface area (TPSA) is 88.4 Å². The largest absolute Gasteiger partial charge is 0.379 e. The van der Waals surface area contributed by atoms with E-state index < -0.39 is 17.5 Å². The minimum atomic E-state index is -0.719. The summed E-state index contributed by atoms with van der Waals surface area (Å²) in [5.41, 5.74) is 3.55. The van der Waals surface area contributed by atoms with Crippen molar-refractivity contribution in [2.75, 3.05) is 13.2 Å². The number of nitrogens with one attached hydrogen (secondary N) is 2. The fourth-order valence-corrected chi connectivity index (χ4v) is 3.29. The maximum atomic E-state index is 14.2. The van der Waals surface area contributed by atoms with Crippen molar-refractivity contribution in [3.63, 3.8) is 0 Å². The molecule has 0 radical (unpaired) electrons. The van der Waals surface area contributed by atoms with Gasteiger partial charge in [-0.1, -0.05) is 6.07 Å². The fraction of sp³-hybridized carbons (Fsp3) is 0.364. The number of benzene rings is 1. The van der Waals surface area contributed by atoms with Gasteiger partial charge < -0.3 is 14.6 Å². The molecule has 0 spiro atoms. The van der Waals surface area contributed by atoms with Gasteiger partial charge in [-0.15, -0.1) is 0 Å². The number of hydrogen-bond acceptors (Lipinski definition) is 5. The van der Waals surface area contributed by atoms with Gasteiger partial charge in [0, 0.05) is 36.4 Å². The van der Waals surface area contributed by atoms with E-state index in [1.807, 2.05) is 20.0 Å². The van der Waals surface area contributed by atoms with Crippen LogP contribution in [0, 0.1) is 11.6 Å². The van der Waals surface area contributed by atoms with Crippen LogP contribution in [-0.2, 0) is 17.8 Å². The molecule has 2 aromatic heterocycles. The molecule has 9 heteroatoms. The van der Waals surface area contributed by atoms with Crippen LogP contribution in [0.5, 0.6) is 0 Å². The third-order valence-corrected chi connectivity index (χ3v) is 4.80. The quantitative estimate of drug-likeness (QED) is 0.260. The molecule has 2 heterocycles. The van der Waals surface area contributed by atoms with Crippen LogP contribution in [0.4, 0.5) is 8.78 Å². The van der Waals surface area contributed by atoms with Gasteiger partial charge in [0.1, 0.15) is 17.3 Å². The fourth-order valence-electron chi connectivity index (χ4n) is 3.29. The lowest BCUT2D eigenvalue weighted by Crippen LogP contribution is -2.20. The average molecular weight is 432 g/mol. The molecule has 166 valence electrons. The van der Waals surface area contributed by atoms with Crippen molar-refractivity contribution in [2.24, 2.45) is 0 Å². The van der Waals surface area contributed by atoms with Crippen LogP contribution < -0.4 is 10.8 Å². The number of pyridine rings is 1. The molecule has 0 aliphatic rings. The molecular formula is C22H26F2N4O3. The predicted molar refractivity (Wildman–Crippen MR) is 112 cm³/mol. The van der Waals surface area contributed by atoms with E-state index in [-0.39, 0.29) is 18.3 Å². The van der Waals surface area contributed by atoms with Gasteiger partial charge in [-0.05, 0) is 44.5 Å². The van der Waals surface area contributed by atoms with Gasteiger partial charge >= 0.3 is 0 Å². The number of rotatable bonds is 10. The Kier molecular flexibility index (Phi) is 7.67. The van der Waals surface area contributed by atoms with Crippen LogP contribution in [0.3, 0.4) is 0 Å². The molecule has 0 saturated heterocycles. The number of ether oxygens (including phenoxy) is 1. The molecule has 0 atom stereocenters. The van der Waals surface area contributed by atoms with E-state index in [9.17, 15) is 13.6 Å². The Balaban J connectivity index is 1.83. The molecular weight excluding hydrogens is 406 g/mol. The van der Waals surface area contributed by atoms with E-state index in [0.717, 1.165) is 30.0 Å². The third-order valence-electron chi connectivity index (χ3n) is 4.80. The minimum Gasteiger partial charge on any atom is -0.379 e. The average Bonchev–Trinajstić information content (AvgIpc) is 3.08. The Labute approximate surface area is 179 Å². The maximum Gasteiger partial charge on any atom is 0.293 e. The van der Waals surface area contributed by atoms with Gasteiger partial charge in [-0.3, -0.25) is 10.0 Å². The SMILES string of the molecule is CC(C)OCCCNCc1cn(Cc2ccc(F)cc2F)c2cnc(C(=O)NO)cc12. The number of carbonyl (C=O) groups excluding carboxylic acids is 1. The van der Waals surface area contributed by atoms with Crippen LogP contribution >= 0.6 is 0 Å². The molecule has 3 aromatic rings. The Bertz CT molecular complexity index is 1050. The lowest BCUT2D eigenvalue weighted by Gasteiger charge is -2.08. The first-order chi connectivity index (χ1) is 14.9. The zero-order valence-corrected chi connectivity index (χ0v) is 17.5. The maximum absolute atomic E-state index is 14.2. The Morgan fingerprint density at radius 1 is 1.26 bits per heavy atom. The van der Waals surface area contributed by atoms with E-state index in [0.29, 0.717) is 24.2 Å². The summed E-state index contributed by atoms with van der Waals surface area (Å²) in [6, 6.07) is 5.06. The first-order valence-electron chi connectivity index (χ1n) is 10.1. The Morgan fingerprint density at radius 2 is 2.06 bits per heavy atom. The molecule has 0 unspecified atom stereocenters. The molecule has 7 nitrogen and oxygen atoms in total. The second-order valence-electron chi connectivity index (χ2n) is 7.50. The zero-order valence-electron chi connectivity index (χ0n) is 17.5. The van der Waals surface area contributed by atoms with Crippen molar-refractivity contribution in [2.45, 2.75) is 39.5 Å². The predicted octanol–water partition coefficient (Wildman–Crippen LogP) is 3.39. The third kappa shape index (κ3) is 5.84. The van der Waals surface area contributed by atoms with Gasteiger partial charge in [0.25, 0.3) is 5.91 Å². The standard InChI is InChI=1S/C22H26F2N4O3/c1-14(2)31-7-3-6-25-10-16-13-28(12-15-4-5-17(23)8-19(15)24)21-11-26-20(9-18(16)21)22(29)27-30/h4-5,8-9,11,13-14,25,30H,3,6-7,10,12H2,1-2H3,(H,27,29). The van der Waals surface area contributed by atoms with Crippen molar-refractivity contribution >= 4 is 16.8 Å². The number of aromatic nitrogens is 2. The van der Waals surface area contributed by atoms with Crippen LogP contribution in [0.2, 0.25) is 0 Å². The minimum absolute atomic E-state index is 0.0623. The van der Waals surface area contributed by atoms with E-state index in [1.165, 1.54) is 18.3 Å². The molecule has 0 aliphatic carbocycles. The summed E-state index contributed by atoms with van der Waals surface area (Å²) in [6.07, 6.45) is 4.39. The number of fused-ring (bicyclic) bond motifs is 1. The summed E-state index contributed by atoms with van der Waals surface area (Å²) in [5.74, 6) is -1.98. The summed E-state index contributed by atoms with van der Waals surface area (Å²) in [4.78, 5) is 15.9. The van der Waals surface area contributed by atoms with Gasteiger partial charge in [0.15, 0.2) is 0 Å². The smallest absolute Gasteiger partial charge is 0.293 e. The van der Waals surface area contributed by atoms with Crippen LogP contribution in [0.25, 0.3) is 10.9 Å². The van der Waals surface area contributed by atoms with Crippen molar-refractivity contribution in [1.82, 2.24) is 20.3 Å². The second-order valence-corrected chi connectivity index (χ2v) is 7.50. The molecule has 0 fully saturated rings. The molecule has 3 N–H and O–H groups in total. The first-order valence-corrected chi connectivity index (χ1v) is 10.1. The van der Waals surface area contributed by atoms with E-state index >= 15 is 0 Å². The summed E-state index contributed by atoms with van der Waals surface area (Å²) in [5, 5.41) is 13.0. The molecule has 0 bridgehead atoms. The van der Waals surface area contributed by atoms with Gasteiger partial charge in [-0.25, -0.2) is 19.2 Å². The van der Waals surface area contributed by atoms with E-state index in [4.69, 9.17) is 9.94 Å². The highest BCUT2D eigenvalue weighted by Crippen LogP contribution is 2.24. The summed E-state index contributed by atoms with van der Waals surface area (Å²) in [6.45, 7) is 6.06. The van der Waals surface area contributed by atoms with Gasteiger partial charge in [0.05, 0.1) is 24.4 Å². The highest BCUT2D eigenvalue weighted by Gasteiger charge is 2.15. The van der Waals surface area contributed by atoms with Crippen LogP contribution in [0.15, 0.2) is 36.7 Å². The highest BCUT2D eigenvalue weighted by molar-refractivity contribution is 5.96. The molecule has 0 aliphatic heterocycles. The molecule has 1 amide bonds. The first kappa shape index (κ1) is 22.8. The number of carbonyl (C=O) groups is 1. The van der Waals surface area contributed by atoms with Crippen molar-refractivity contribution in [1.29, 1.82) is 0 Å². The molecule has 0 saturated carbocycles. The summed E-state index contributed by atoms with van der Waals surface area (Å²) >= 11 is 0. The molecule has 31 heavy (non-hydrogen) atoms. The van der Waals surface area contributed by atoms with Gasteiger partial charge in [0.2, 0.25) is 0 Å². The second kappa shape index (κ2) is 10.4. The van der Waals surface area contributed by atoms with Crippen LogP contribution in [-0.4, -0.2) is 39.9 Å². The monoisotopic (exact) mass is 432 g/mol. The number of hydrogen-bond donors (Lipinski definition) is 3. The molecule has 1 aromatic carbocycles. The van der Waals surface area contributed by atoms with Crippen LogP contribution in [0.1, 0.15) is 41.9 Å². The van der Waals surface area contributed by atoms with Gasteiger partial charge in [-0.2, -0.15) is 0 Å². The zero-order chi connectivity index (χ0) is 22.4. The van der Waals surface area contributed by atoms with Crippen molar-refractivity contribution in [3.05, 3.63) is 65.1 Å². The van der Waals surface area contributed by atoms with E-state index in [2.05, 4.69) is 10.3 Å². The Morgan fingerprint density at radius 3 is 2.77 bits per heavy atom. The van der Waals surface area contributed by atoms with Crippen molar-refractivity contribution < 1.29 is 23.5 Å². The lowest BCUT2D eigenvalue weighted by atomic mass is 10.1. The number of amides is 1. The van der Waals surface area contributed by atoms with Crippen molar-refractivity contribution in [3.8, 4) is 0 Å². The molecule has 3 rings (SSSR count). The summed E-state index contributed by atoms with van der Waals surface area (Å²) < 4.78 is 34.7. The lowest BCUT2D eigenvalue weighted by molar-refractivity contribution is 0.0701. The Hall–Kier alpha value is -2.88. The number of nitrogens with zero attached hydrogens (tertiary/aromatic N) is 2. The number of hydroxylamine groups is 1. The highest BCUT2D eigenvalue weighted by atomic mass is 19.1. The normalized spacial score (nSPS) is 11.4. The van der Waals surface area contributed by atoms with E-state index in [1.54, 1.807) is 16.1 Å². The summed E-state index contributed by atoms with van der Waals surface area (Å²) in [7, 11) is 0.